The van der Waals surface area contributed by atoms with E-state index in [-0.39, 0.29) is 49.0 Å². The van der Waals surface area contributed by atoms with Gasteiger partial charge in [-0.15, -0.1) is 0 Å². The van der Waals surface area contributed by atoms with Crippen LogP contribution in [0.25, 0.3) is 0 Å². The predicted octanol–water partition coefficient (Wildman–Crippen LogP) is -0.883. The van der Waals surface area contributed by atoms with Gasteiger partial charge in [-0.2, -0.15) is 0 Å². The van der Waals surface area contributed by atoms with Gasteiger partial charge in [0.05, 0.1) is 0 Å². The van der Waals surface area contributed by atoms with E-state index in [0.717, 1.165) is 0 Å². The van der Waals surface area contributed by atoms with Gasteiger partial charge in [0.2, 0.25) is 0 Å². The second-order valence-electron chi connectivity index (χ2n) is 0. The summed E-state index contributed by atoms with van der Waals surface area (Å²) in [7, 11) is 1.72. The molecule has 0 aromatic heterocycles. The molecule has 0 spiro atoms. The summed E-state index contributed by atoms with van der Waals surface area (Å²) in [6.07, 6.45) is 0. The van der Waals surface area contributed by atoms with Crippen molar-refractivity contribution in [3.63, 3.8) is 0 Å². The largest absolute Gasteiger partial charge is 0.381 e. The number of rotatable bonds is 0. The van der Waals surface area contributed by atoms with Crippen LogP contribution < -0.4 is 0 Å². The van der Waals surface area contributed by atoms with Gasteiger partial charge in [-0.3, -0.25) is 0 Å². The number of hydrogen-bond donors (Lipinski definition) is 0. The molecule has 0 aromatic carbocycles. The van der Waals surface area contributed by atoms with Gasteiger partial charge in [-0.1, -0.05) is 0 Å². The molecule has 0 heterocycles. The Bertz CT molecular complexity index is 8.00. The predicted molar refractivity (Wildman–Crippen MR) is 12.2 cm³/mol. The van der Waals surface area contributed by atoms with Gasteiger partial charge in [0.15, 0.2) is 0 Å². The van der Waals surface area contributed by atoms with E-state index < -0.39 is 0 Å². The molecule has 0 aliphatic rings. The van der Waals surface area contributed by atoms with E-state index in [1.165, 1.54) is 0 Å². The molecule has 0 bridgehead atoms. The van der Waals surface area contributed by atoms with Crippen molar-refractivity contribution in [2.45, 2.75) is 0 Å². The first-order valence-corrected chi connectivity index (χ1v) is 0.612. The van der Waals surface area contributed by atoms with Crippen molar-refractivity contribution in [1.29, 1.82) is 0 Å². The monoisotopic (exact) mass is 131 g/mol. The maximum absolute atomic E-state index is 8.06. The van der Waals surface area contributed by atoms with Crippen molar-refractivity contribution in [3.8, 4) is 0 Å². The first kappa shape index (κ1) is 17.4. The molecule has 0 amide bonds. The summed E-state index contributed by atoms with van der Waals surface area (Å²) < 4.78 is 8.06. The molecule has 4 heavy (non-hydrogen) atoms. The minimum absolute atomic E-state index is 0. The van der Waals surface area contributed by atoms with E-state index in [0.29, 0.717) is 0 Å². The zero-order valence-electron chi connectivity index (χ0n) is 2.62. The molecule has 0 aliphatic carbocycles. The summed E-state index contributed by atoms with van der Waals surface area (Å²) >= 11 is 0. The van der Waals surface area contributed by atoms with Gasteiger partial charge in [0.25, 0.3) is 0 Å². The molecule has 1 nitrogen and oxygen atoms in total. The smallest absolute Gasteiger partial charge is 0.381 e. The summed E-state index contributed by atoms with van der Waals surface area (Å²) in [5, 5.41) is 0. The molecule has 4 heteroatoms. The third-order valence-electron chi connectivity index (χ3n) is 0. The summed E-state index contributed by atoms with van der Waals surface area (Å²) in [5.74, 6) is 0. The molecule has 0 N–H and O–H groups in total. The van der Waals surface area contributed by atoms with Crippen LogP contribution >= 0.6 is 0 Å². The van der Waals surface area contributed by atoms with Crippen LogP contribution in [0.5, 0.6) is 0 Å². The van der Waals surface area contributed by atoms with Crippen LogP contribution in [0.1, 0.15) is 0 Å². The Labute approximate surface area is 63.1 Å². The fourth-order valence-corrected chi connectivity index (χ4v) is 0. The molecule has 0 fully saturated rings. The quantitative estimate of drug-likeness (QED) is 0.391. The molecule has 3 radical (unpaired) electrons. The van der Waals surface area contributed by atoms with Gasteiger partial charge in [0.1, 0.15) is 0 Å². The molecular formula is NaOSiZn. The average molecular weight is 132 g/mol. The standard InChI is InChI=1S/Na.OSi.Zn/c;1-2;. The normalized spacial score (nSPS) is 1.00. The minimum Gasteiger partial charge on any atom is -0.381 e. The van der Waals surface area contributed by atoms with Crippen molar-refractivity contribution < 1.29 is 23.9 Å². The second-order valence-corrected chi connectivity index (χ2v) is 0. The third-order valence-corrected chi connectivity index (χ3v) is 0. The Balaban J connectivity index is -0.00000000500. The van der Waals surface area contributed by atoms with Crippen LogP contribution in [0, 0.1) is 0 Å². The van der Waals surface area contributed by atoms with Crippen LogP contribution in [0.3, 0.4) is 0 Å². The summed E-state index contributed by atoms with van der Waals surface area (Å²) in [5.41, 5.74) is 0. The summed E-state index contributed by atoms with van der Waals surface area (Å²) in [4.78, 5) is 0. The maximum atomic E-state index is 8.06. The van der Waals surface area contributed by atoms with Crippen molar-refractivity contribution in [3.05, 3.63) is 0 Å². The Morgan fingerprint density at radius 3 is 1.25 bits per heavy atom. The Kier molecular flexibility index (Phi) is 99.5. The molecular weight excluding hydrogens is 132 g/mol. The van der Waals surface area contributed by atoms with Crippen molar-refractivity contribution in [2.75, 3.05) is 0 Å². The fourth-order valence-electron chi connectivity index (χ4n) is 0. The van der Waals surface area contributed by atoms with Gasteiger partial charge in [0, 0.05) is 49.0 Å². The zero-order chi connectivity index (χ0) is 2.00. The van der Waals surface area contributed by atoms with E-state index in [1.807, 2.05) is 0 Å². The molecule has 0 saturated heterocycles. The van der Waals surface area contributed by atoms with E-state index in [1.54, 1.807) is 10.1 Å². The molecule has 0 saturated carbocycles. The Morgan fingerprint density at radius 1 is 1.25 bits per heavy atom. The van der Waals surface area contributed by atoms with Crippen LogP contribution in [0.4, 0.5) is 0 Å². The summed E-state index contributed by atoms with van der Waals surface area (Å²) in [6, 6.07) is 0. The first-order valence-electron chi connectivity index (χ1n) is 0.204. The molecule has 13 valence electrons. The van der Waals surface area contributed by atoms with E-state index in [2.05, 4.69) is 0 Å². The molecule has 0 aliphatic heterocycles. The van der Waals surface area contributed by atoms with Crippen LogP contribution in [-0.2, 0) is 23.9 Å². The first-order chi connectivity index (χ1) is 1.00. The van der Waals surface area contributed by atoms with E-state index in [4.69, 9.17) is 4.46 Å². The third kappa shape index (κ3) is 9.43. The number of hydrogen-bond acceptors (Lipinski definition) is 1. The van der Waals surface area contributed by atoms with Crippen LogP contribution in [0.15, 0.2) is 0 Å². The molecule has 0 aromatic rings. The van der Waals surface area contributed by atoms with Crippen molar-refractivity contribution in [1.82, 2.24) is 0 Å². The van der Waals surface area contributed by atoms with Gasteiger partial charge in [-0.05, 0) is 0 Å². The fraction of sp³-hybridized carbons (Fsp3) is 0. The van der Waals surface area contributed by atoms with Gasteiger partial charge < -0.3 is 4.46 Å². The summed E-state index contributed by atoms with van der Waals surface area (Å²) in [6.45, 7) is 0. The van der Waals surface area contributed by atoms with Crippen LogP contribution in [0.2, 0.25) is 0 Å². The molecule has 0 unspecified atom stereocenters. The maximum Gasteiger partial charge on any atom is 0.381 e. The zero-order valence-corrected chi connectivity index (χ0v) is 8.58. The van der Waals surface area contributed by atoms with Crippen LogP contribution in [-0.4, -0.2) is 39.7 Å². The van der Waals surface area contributed by atoms with Crippen molar-refractivity contribution >= 4 is 39.7 Å². The molecule has 0 rings (SSSR count). The minimum atomic E-state index is 0. The van der Waals surface area contributed by atoms with Gasteiger partial charge >= 0.3 is 10.1 Å². The second kappa shape index (κ2) is 22.9. The van der Waals surface area contributed by atoms with Crippen molar-refractivity contribution in [2.24, 2.45) is 0 Å². The average Bonchev–Trinajstić information content (AvgIpc) is 1.00. The van der Waals surface area contributed by atoms with E-state index in [9.17, 15) is 0 Å². The Morgan fingerprint density at radius 2 is 1.25 bits per heavy atom. The molecule has 0 atom stereocenters. The topological polar surface area (TPSA) is 17.1 Å². The van der Waals surface area contributed by atoms with Gasteiger partial charge in [-0.25, -0.2) is 0 Å². The Hall–Kier alpha value is 1.64. The SMILES string of the molecule is O=[Si].[Na].[Zn]. The van der Waals surface area contributed by atoms with E-state index >= 15 is 0 Å².